The molecule has 2 aliphatic heterocycles. The number of rotatable bonds is 3. The van der Waals surface area contributed by atoms with E-state index in [-0.39, 0.29) is 5.56 Å². The minimum Gasteiger partial charge on any atom is -0.342 e. The number of aromatic nitrogens is 5. The van der Waals surface area contributed by atoms with E-state index in [0.717, 1.165) is 37.5 Å². The lowest BCUT2D eigenvalue weighted by Gasteiger charge is -2.17. The van der Waals surface area contributed by atoms with Crippen molar-refractivity contribution < 1.29 is 4.79 Å². The lowest BCUT2D eigenvalue weighted by molar-refractivity contribution is 0.102. The first-order chi connectivity index (χ1) is 14.0. The molecule has 10 heteroatoms. The third-order valence-electron chi connectivity index (χ3n) is 5.69. The van der Waals surface area contributed by atoms with E-state index in [0.29, 0.717) is 29.3 Å². The van der Waals surface area contributed by atoms with E-state index < -0.39 is 11.5 Å². The molecule has 0 bridgehead atoms. The summed E-state index contributed by atoms with van der Waals surface area (Å²) in [7, 11) is 0. The average molecular weight is 394 g/mol. The molecule has 0 spiro atoms. The molecule has 2 unspecified atom stereocenters. The summed E-state index contributed by atoms with van der Waals surface area (Å²) in [5.74, 6) is 1.49. The molecule has 5 rings (SSSR count). The van der Waals surface area contributed by atoms with Crippen LogP contribution in [0.5, 0.6) is 0 Å². The molecule has 2 saturated heterocycles. The predicted octanol–water partition coefficient (Wildman–Crippen LogP) is 0.337. The zero-order chi connectivity index (χ0) is 20.1. The van der Waals surface area contributed by atoms with Crippen LogP contribution >= 0.6 is 0 Å². The Morgan fingerprint density at radius 2 is 1.93 bits per heavy atom. The number of H-pyrrole nitrogens is 1. The number of anilines is 2. The highest BCUT2D eigenvalue weighted by Crippen LogP contribution is 2.28. The highest BCUT2D eigenvalue weighted by molar-refractivity contribution is 6.03. The molecule has 0 radical (unpaired) electrons. The summed E-state index contributed by atoms with van der Waals surface area (Å²) < 4.78 is 1.80. The van der Waals surface area contributed by atoms with E-state index >= 15 is 0 Å². The van der Waals surface area contributed by atoms with Gasteiger partial charge in [-0.15, -0.1) is 0 Å². The molecule has 10 nitrogen and oxygen atoms in total. The van der Waals surface area contributed by atoms with Crippen LogP contribution in [-0.2, 0) is 0 Å². The van der Waals surface area contributed by atoms with Gasteiger partial charge >= 0.3 is 0 Å². The summed E-state index contributed by atoms with van der Waals surface area (Å²) >= 11 is 0. The molecule has 2 aliphatic rings. The van der Waals surface area contributed by atoms with Crippen molar-refractivity contribution >= 4 is 23.3 Å². The number of imidazole rings is 1. The average Bonchev–Trinajstić information content (AvgIpc) is 3.35. The van der Waals surface area contributed by atoms with Gasteiger partial charge in [0.2, 0.25) is 5.95 Å². The maximum absolute atomic E-state index is 12.6. The van der Waals surface area contributed by atoms with Crippen molar-refractivity contribution in [1.82, 2.24) is 29.7 Å². The minimum absolute atomic E-state index is 0.0452. The van der Waals surface area contributed by atoms with Gasteiger partial charge in [0.05, 0.1) is 17.6 Å². The molecule has 3 N–H and O–H groups in total. The van der Waals surface area contributed by atoms with Crippen molar-refractivity contribution in [3.05, 3.63) is 45.9 Å². The number of amides is 1. The Hall–Kier alpha value is -3.27. The van der Waals surface area contributed by atoms with Crippen LogP contribution in [0.4, 0.5) is 11.8 Å². The van der Waals surface area contributed by atoms with Crippen molar-refractivity contribution in [1.29, 1.82) is 0 Å². The van der Waals surface area contributed by atoms with Gasteiger partial charge in [0.15, 0.2) is 5.65 Å². The fourth-order valence-electron chi connectivity index (χ4n) is 4.25. The third kappa shape index (κ3) is 3.15. The van der Waals surface area contributed by atoms with Gasteiger partial charge in [-0.05, 0) is 25.7 Å². The molecule has 2 atom stereocenters. The van der Waals surface area contributed by atoms with E-state index in [1.165, 1.54) is 6.20 Å². The van der Waals surface area contributed by atoms with Crippen LogP contribution in [0.3, 0.4) is 0 Å². The van der Waals surface area contributed by atoms with Crippen molar-refractivity contribution in [2.24, 2.45) is 11.8 Å². The van der Waals surface area contributed by atoms with Crippen LogP contribution in [0.15, 0.2) is 23.4 Å². The molecule has 0 saturated carbocycles. The monoisotopic (exact) mass is 394 g/mol. The Morgan fingerprint density at radius 1 is 1.17 bits per heavy atom. The number of hydrogen-bond donors (Lipinski definition) is 3. The fourth-order valence-corrected chi connectivity index (χ4v) is 4.25. The third-order valence-corrected chi connectivity index (χ3v) is 5.69. The van der Waals surface area contributed by atoms with Gasteiger partial charge in [0.25, 0.3) is 11.5 Å². The molecule has 150 valence electrons. The molecule has 5 heterocycles. The summed E-state index contributed by atoms with van der Waals surface area (Å²) in [5.41, 5.74) is 1.77. The second-order valence-corrected chi connectivity index (χ2v) is 7.81. The normalized spacial score (nSPS) is 21.0. The van der Waals surface area contributed by atoms with Crippen molar-refractivity contribution in [2.75, 3.05) is 36.4 Å². The number of fused-ring (bicyclic) bond motifs is 2. The molecule has 3 aromatic heterocycles. The summed E-state index contributed by atoms with van der Waals surface area (Å²) in [6.07, 6.45) is 4.86. The van der Waals surface area contributed by atoms with Crippen molar-refractivity contribution in [3.8, 4) is 0 Å². The van der Waals surface area contributed by atoms with E-state index in [1.54, 1.807) is 10.6 Å². The summed E-state index contributed by atoms with van der Waals surface area (Å²) in [6.45, 7) is 7.43. The smallest absolute Gasteiger partial charge is 0.265 e. The number of aryl methyl sites for hydroxylation is 2. The fraction of sp³-hybridized carbons (Fsp3) is 0.421. The summed E-state index contributed by atoms with van der Waals surface area (Å²) in [4.78, 5) is 43.1. The van der Waals surface area contributed by atoms with E-state index in [9.17, 15) is 9.59 Å². The Bertz CT molecular complexity index is 1150. The van der Waals surface area contributed by atoms with Crippen LogP contribution in [0.25, 0.3) is 5.65 Å². The highest BCUT2D eigenvalue weighted by Gasteiger charge is 2.37. The lowest BCUT2D eigenvalue weighted by atomic mass is 10.0. The van der Waals surface area contributed by atoms with Crippen LogP contribution in [0, 0.1) is 25.7 Å². The highest BCUT2D eigenvalue weighted by atomic mass is 16.2. The van der Waals surface area contributed by atoms with Gasteiger partial charge in [-0.1, -0.05) is 0 Å². The largest absolute Gasteiger partial charge is 0.342 e. The molecular weight excluding hydrogens is 372 g/mol. The predicted molar refractivity (Wildman–Crippen MR) is 107 cm³/mol. The second-order valence-electron chi connectivity index (χ2n) is 7.81. The topological polar surface area (TPSA) is 120 Å². The van der Waals surface area contributed by atoms with Gasteiger partial charge in [-0.25, -0.2) is 15.0 Å². The number of aromatic amines is 1. The molecule has 1 amide bonds. The second kappa shape index (κ2) is 6.66. The SMILES string of the molecule is Cc1cn2cc(NC(=O)c3cnc(N4CC5CNCC5C4)[nH]c3=O)nc(C)c2n1. The molecule has 0 aliphatic carbocycles. The van der Waals surface area contributed by atoms with Crippen LogP contribution in [-0.4, -0.2) is 56.4 Å². The van der Waals surface area contributed by atoms with E-state index in [4.69, 9.17) is 0 Å². The molecule has 29 heavy (non-hydrogen) atoms. The van der Waals surface area contributed by atoms with Gasteiger partial charge in [0.1, 0.15) is 11.4 Å². The molecule has 3 aromatic rings. The summed E-state index contributed by atoms with van der Waals surface area (Å²) in [5, 5.41) is 6.07. The van der Waals surface area contributed by atoms with Crippen LogP contribution in [0.1, 0.15) is 21.7 Å². The molecule has 2 fully saturated rings. The maximum Gasteiger partial charge on any atom is 0.265 e. The van der Waals surface area contributed by atoms with Crippen molar-refractivity contribution in [3.63, 3.8) is 0 Å². The minimum atomic E-state index is -0.545. The first kappa shape index (κ1) is 17.8. The number of nitrogens with zero attached hydrogens (tertiary/aromatic N) is 5. The summed E-state index contributed by atoms with van der Waals surface area (Å²) in [6, 6.07) is 0. The number of hydrogen-bond acceptors (Lipinski definition) is 7. The van der Waals surface area contributed by atoms with Crippen molar-refractivity contribution in [2.45, 2.75) is 13.8 Å². The van der Waals surface area contributed by atoms with Crippen LogP contribution in [0.2, 0.25) is 0 Å². The van der Waals surface area contributed by atoms with Crippen LogP contribution < -0.4 is 21.1 Å². The molecular formula is C19H22N8O2. The molecule has 0 aromatic carbocycles. The number of carbonyl (C=O) groups excluding carboxylic acids is 1. The number of nitrogens with one attached hydrogen (secondary N) is 3. The first-order valence-corrected chi connectivity index (χ1v) is 9.67. The Balaban J connectivity index is 1.35. The Kier molecular flexibility index (Phi) is 4.09. The van der Waals surface area contributed by atoms with E-state index in [1.807, 2.05) is 20.0 Å². The van der Waals surface area contributed by atoms with Gasteiger partial charge in [0, 0.05) is 38.6 Å². The zero-order valence-corrected chi connectivity index (χ0v) is 16.3. The first-order valence-electron chi connectivity index (χ1n) is 9.67. The van der Waals surface area contributed by atoms with Gasteiger partial charge in [-0.3, -0.25) is 14.6 Å². The standard InChI is InChI=1S/C19H22N8O2/c1-10-6-26-9-15(23-11(2)16(26)22-10)24-17(28)14-5-21-19(25-18(14)29)27-7-12-3-20-4-13(12)8-27/h5-6,9,12-13,20H,3-4,7-8H2,1-2H3,(H,24,28)(H,21,25,29). The maximum atomic E-state index is 12.6. The lowest BCUT2D eigenvalue weighted by Crippen LogP contribution is -2.31. The van der Waals surface area contributed by atoms with Gasteiger partial charge in [-0.2, -0.15) is 0 Å². The van der Waals surface area contributed by atoms with E-state index in [2.05, 4.69) is 35.5 Å². The Labute approximate surface area is 166 Å². The quantitative estimate of drug-likeness (QED) is 0.586. The Morgan fingerprint density at radius 3 is 2.66 bits per heavy atom. The van der Waals surface area contributed by atoms with Gasteiger partial charge < -0.3 is 19.9 Å². The number of carbonyl (C=O) groups is 1. The zero-order valence-electron chi connectivity index (χ0n) is 16.3.